The van der Waals surface area contributed by atoms with Crippen LogP contribution < -0.4 is 5.32 Å². The first-order valence-electron chi connectivity index (χ1n) is 6.45. The van der Waals surface area contributed by atoms with E-state index in [1.807, 2.05) is 6.92 Å². The molecular formula is C12H20N2O3. The topological polar surface area (TPSA) is 50.8 Å². The molecule has 0 unspecified atom stereocenters. The Morgan fingerprint density at radius 3 is 2.65 bits per heavy atom. The zero-order valence-electron chi connectivity index (χ0n) is 10.4. The van der Waals surface area contributed by atoms with E-state index in [2.05, 4.69) is 17.3 Å². The Labute approximate surface area is 101 Å². The first-order valence-corrected chi connectivity index (χ1v) is 6.45. The lowest BCUT2D eigenvalue weighted by molar-refractivity contribution is -0.388. The van der Waals surface area contributed by atoms with Gasteiger partial charge in [-0.1, -0.05) is 0 Å². The van der Waals surface area contributed by atoms with E-state index in [1.54, 1.807) is 0 Å². The second kappa shape index (κ2) is 4.23. The Bertz CT molecular complexity index is 313. The summed E-state index contributed by atoms with van der Waals surface area (Å²) in [5.74, 6) is 0.517. The van der Waals surface area contributed by atoms with E-state index >= 15 is 0 Å². The molecule has 17 heavy (non-hydrogen) atoms. The molecule has 0 bridgehead atoms. The number of nitrogens with one attached hydrogen (secondary N) is 1. The molecule has 2 atom stereocenters. The summed E-state index contributed by atoms with van der Waals surface area (Å²) in [5.41, 5.74) is 0. The predicted molar refractivity (Wildman–Crippen MR) is 61.1 cm³/mol. The maximum atomic E-state index is 11.7. The molecule has 1 N–H and O–H groups in total. The van der Waals surface area contributed by atoms with Gasteiger partial charge in [0, 0.05) is 18.5 Å². The molecule has 2 saturated heterocycles. The van der Waals surface area contributed by atoms with Gasteiger partial charge in [0.15, 0.2) is 12.6 Å². The summed E-state index contributed by atoms with van der Waals surface area (Å²) in [6.45, 7) is 2.79. The standard InChI is InChI=1S/C12H20N2O3/c1-7-16-12(17-7)10-5-9(6-14(10)2)13-11(15)8-3-4-8/h7-10,12H,3-6H2,1-2H3,(H,13,15)/t7?,9-,10+,12?/m1/s1. The molecule has 1 amide bonds. The van der Waals surface area contributed by atoms with Crippen LogP contribution in [0, 0.1) is 5.92 Å². The van der Waals surface area contributed by atoms with Gasteiger partial charge in [0.2, 0.25) is 5.91 Å². The van der Waals surface area contributed by atoms with Crippen molar-refractivity contribution in [3.63, 3.8) is 0 Å². The third kappa shape index (κ3) is 2.32. The SMILES string of the molecule is CC1OC([C@@H]2C[C@@H](NC(=O)C3CC3)CN2C)O1. The van der Waals surface area contributed by atoms with Crippen molar-refractivity contribution in [3.8, 4) is 0 Å². The van der Waals surface area contributed by atoms with Gasteiger partial charge in [-0.05, 0) is 33.2 Å². The molecule has 1 saturated carbocycles. The van der Waals surface area contributed by atoms with Crippen molar-refractivity contribution in [1.29, 1.82) is 0 Å². The lowest BCUT2D eigenvalue weighted by atomic mass is 10.1. The molecule has 1 aliphatic carbocycles. The van der Waals surface area contributed by atoms with Crippen molar-refractivity contribution >= 4 is 5.91 Å². The van der Waals surface area contributed by atoms with Crippen molar-refractivity contribution in [2.45, 2.75) is 50.8 Å². The quantitative estimate of drug-likeness (QED) is 0.771. The fraction of sp³-hybridized carbons (Fsp3) is 0.917. The molecule has 5 nitrogen and oxygen atoms in total. The van der Waals surface area contributed by atoms with Crippen LogP contribution in [-0.4, -0.2) is 49.1 Å². The number of rotatable bonds is 3. The van der Waals surface area contributed by atoms with Crippen LogP contribution in [0.1, 0.15) is 26.2 Å². The highest BCUT2D eigenvalue weighted by atomic mass is 16.9. The number of likely N-dealkylation sites (N-methyl/N-ethyl adjacent to an activating group) is 1. The highest BCUT2D eigenvalue weighted by Gasteiger charge is 2.43. The molecule has 0 aromatic rings. The van der Waals surface area contributed by atoms with E-state index in [0.29, 0.717) is 0 Å². The van der Waals surface area contributed by atoms with Gasteiger partial charge in [0.25, 0.3) is 0 Å². The van der Waals surface area contributed by atoms with E-state index in [1.165, 1.54) is 0 Å². The largest absolute Gasteiger partial charge is 0.352 e. The number of likely N-dealkylation sites (tertiary alicyclic amines) is 1. The normalized spacial score (nSPS) is 42.2. The number of carbonyl (C=O) groups is 1. The monoisotopic (exact) mass is 240 g/mol. The van der Waals surface area contributed by atoms with Crippen molar-refractivity contribution in [2.75, 3.05) is 13.6 Å². The number of nitrogens with zero attached hydrogens (tertiary/aromatic N) is 1. The zero-order chi connectivity index (χ0) is 12.0. The number of carbonyl (C=O) groups excluding carboxylic acids is 1. The van der Waals surface area contributed by atoms with Crippen molar-refractivity contribution in [2.24, 2.45) is 5.92 Å². The Morgan fingerprint density at radius 1 is 1.35 bits per heavy atom. The fourth-order valence-electron chi connectivity index (χ4n) is 2.69. The van der Waals surface area contributed by atoms with Gasteiger partial charge in [-0.3, -0.25) is 9.69 Å². The maximum absolute atomic E-state index is 11.7. The summed E-state index contributed by atoms with van der Waals surface area (Å²) in [7, 11) is 2.06. The number of ether oxygens (including phenoxy) is 2. The maximum Gasteiger partial charge on any atom is 0.223 e. The Morgan fingerprint density at radius 2 is 2.06 bits per heavy atom. The van der Waals surface area contributed by atoms with Crippen LogP contribution in [0.4, 0.5) is 0 Å². The minimum atomic E-state index is -0.113. The molecule has 0 aromatic carbocycles. The van der Waals surface area contributed by atoms with Gasteiger partial charge in [0.05, 0.1) is 6.04 Å². The van der Waals surface area contributed by atoms with Gasteiger partial charge in [-0.15, -0.1) is 0 Å². The molecular weight excluding hydrogens is 220 g/mol. The molecule has 3 rings (SSSR count). The summed E-state index contributed by atoms with van der Waals surface area (Å²) in [5, 5.41) is 3.12. The molecule has 0 radical (unpaired) electrons. The van der Waals surface area contributed by atoms with Crippen LogP contribution in [0.3, 0.4) is 0 Å². The van der Waals surface area contributed by atoms with Crippen LogP contribution in [0.15, 0.2) is 0 Å². The first kappa shape index (κ1) is 11.4. The average Bonchev–Trinajstić information content (AvgIpc) is 3.00. The third-order valence-electron chi connectivity index (χ3n) is 3.86. The summed E-state index contributed by atoms with van der Waals surface area (Å²) < 4.78 is 11.1. The van der Waals surface area contributed by atoms with Crippen LogP contribution in [0.25, 0.3) is 0 Å². The second-order valence-electron chi connectivity index (χ2n) is 5.43. The summed E-state index contributed by atoms with van der Waals surface area (Å²) in [6.07, 6.45) is 2.85. The molecule has 2 aliphatic heterocycles. The fourth-order valence-corrected chi connectivity index (χ4v) is 2.69. The molecule has 0 aromatic heterocycles. The van der Waals surface area contributed by atoms with Crippen LogP contribution >= 0.6 is 0 Å². The number of hydrogen-bond donors (Lipinski definition) is 1. The van der Waals surface area contributed by atoms with Crippen LogP contribution in [0.2, 0.25) is 0 Å². The average molecular weight is 240 g/mol. The highest BCUT2D eigenvalue weighted by molar-refractivity contribution is 5.81. The number of hydrogen-bond acceptors (Lipinski definition) is 4. The molecule has 3 aliphatic rings. The van der Waals surface area contributed by atoms with Crippen LogP contribution in [0.5, 0.6) is 0 Å². The minimum Gasteiger partial charge on any atom is -0.352 e. The van der Waals surface area contributed by atoms with Crippen molar-refractivity contribution in [3.05, 3.63) is 0 Å². The summed E-state index contributed by atoms with van der Waals surface area (Å²) in [4.78, 5) is 13.9. The zero-order valence-corrected chi connectivity index (χ0v) is 10.4. The Hall–Kier alpha value is -0.650. The van der Waals surface area contributed by atoms with E-state index in [0.717, 1.165) is 25.8 Å². The van der Waals surface area contributed by atoms with Gasteiger partial charge in [-0.2, -0.15) is 0 Å². The first-order chi connectivity index (χ1) is 8.13. The summed E-state index contributed by atoms with van der Waals surface area (Å²) >= 11 is 0. The van der Waals surface area contributed by atoms with Gasteiger partial charge >= 0.3 is 0 Å². The predicted octanol–water partition coefficient (Wildman–Crippen LogP) is 0.304. The smallest absolute Gasteiger partial charge is 0.223 e. The second-order valence-corrected chi connectivity index (χ2v) is 5.43. The molecule has 2 heterocycles. The van der Waals surface area contributed by atoms with Crippen molar-refractivity contribution < 1.29 is 14.3 Å². The van der Waals surface area contributed by atoms with E-state index < -0.39 is 0 Å². The van der Waals surface area contributed by atoms with Crippen molar-refractivity contribution in [1.82, 2.24) is 10.2 Å². The minimum absolute atomic E-state index is 0.0755. The Kier molecular flexibility index (Phi) is 2.84. The Balaban J connectivity index is 1.50. The van der Waals surface area contributed by atoms with Gasteiger partial charge in [-0.25, -0.2) is 0 Å². The molecule has 96 valence electrons. The van der Waals surface area contributed by atoms with Crippen LogP contribution in [-0.2, 0) is 14.3 Å². The summed E-state index contributed by atoms with van der Waals surface area (Å²) in [6, 6.07) is 0.525. The molecule has 3 fully saturated rings. The third-order valence-corrected chi connectivity index (χ3v) is 3.86. The number of amides is 1. The van der Waals surface area contributed by atoms with Gasteiger partial charge < -0.3 is 14.8 Å². The van der Waals surface area contributed by atoms with E-state index in [-0.39, 0.29) is 36.5 Å². The lowest BCUT2D eigenvalue weighted by Crippen LogP contribution is -2.50. The highest BCUT2D eigenvalue weighted by Crippen LogP contribution is 2.31. The molecule has 5 heteroatoms. The van der Waals surface area contributed by atoms with E-state index in [4.69, 9.17) is 9.47 Å². The molecule has 0 spiro atoms. The lowest BCUT2D eigenvalue weighted by Gasteiger charge is -2.39. The van der Waals surface area contributed by atoms with E-state index in [9.17, 15) is 4.79 Å². The van der Waals surface area contributed by atoms with Gasteiger partial charge in [0.1, 0.15) is 0 Å².